The second-order valence-electron chi connectivity index (χ2n) is 7.19. The van der Waals surface area contributed by atoms with Crippen LogP contribution >= 0.6 is 0 Å². The average Bonchev–Trinajstić information content (AvgIpc) is 3.15. The number of hydrogen-bond acceptors (Lipinski definition) is 3. The van der Waals surface area contributed by atoms with Gasteiger partial charge in [0.25, 0.3) is 0 Å². The summed E-state index contributed by atoms with van der Waals surface area (Å²) in [5, 5.41) is 3.02. The third-order valence-corrected chi connectivity index (χ3v) is 5.31. The fourth-order valence-corrected chi connectivity index (χ4v) is 3.72. The van der Waals surface area contributed by atoms with Crippen molar-refractivity contribution in [2.45, 2.75) is 32.6 Å². The van der Waals surface area contributed by atoms with Crippen LogP contribution in [0.1, 0.15) is 31.7 Å². The molecule has 1 atom stereocenters. The standard InChI is InChI=1S/C21H29N3O2/c1-2-18-9-5-6-10-19(18)22-20(25)16-23-11-13-24(14-12-23)21(26)15-17-7-3-4-8-17/h3,5-7,9-10,17H,2,4,8,11-16H2,1H3,(H,22,25). The van der Waals surface area contributed by atoms with Gasteiger partial charge in [0.05, 0.1) is 6.54 Å². The SMILES string of the molecule is CCc1ccccc1NC(=O)CN1CCN(C(=O)CC2C=CCC2)CC1. The third kappa shape index (κ3) is 4.94. The minimum absolute atomic E-state index is 0.0155. The molecule has 1 heterocycles. The molecule has 3 rings (SSSR count). The first-order chi connectivity index (χ1) is 12.7. The van der Waals surface area contributed by atoms with Crippen LogP contribution in [0, 0.1) is 5.92 Å². The van der Waals surface area contributed by atoms with E-state index in [1.807, 2.05) is 29.2 Å². The number of aryl methyl sites for hydroxylation is 1. The molecule has 5 nitrogen and oxygen atoms in total. The molecule has 0 radical (unpaired) electrons. The van der Waals surface area contributed by atoms with Crippen LogP contribution in [0.2, 0.25) is 0 Å². The molecule has 1 saturated heterocycles. The summed E-state index contributed by atoms with van der Waals surface area (Å²) in [7, 11) is 0. The monoisotopic (exact) mass is 355 g/mol. The largest absolute Gasteiger partial charge is 0.340 e. The van der Waals surface area contributed by atoms with Crippen LogP contribution in [0.25, 0.3) is 0 Å². The van der Waals surface area contributed by atoms with Gasteiger partial charge in [-0.25, -0.2) is 0 Å². The molecule has 2 aliphatic rings. The van der Waals surface area contributed by atoms with E-state index in [1.165, 1.54) is 0 Å². The van der Waals surface area contributed by atoms with E-state index in [4.69, 9.17) is 0 Å². The quantitative estimate of drug-likeness (QED) is 0.798. The predicted octanol–water partition coefficient (Wildman–Crippen LogP) is 2.69. The zero-order valence-corrected chi connectivity index (χ0v) is 15.6. The van der Waals surface area contributed by atoms with Gasteiger partial charge < -0.3 is 10.2 Å². The Morgan fingerprint density at radius 2 is 1.92 bits per heavy atom. The lowest BCUT2D eigenvalue weighted by atomic mass is 10.0. The van der Waals surface area contributed by atoms with Gasteiger partial charge >= 0.3 is 0 Å². The summed E-state index contributed by atoms with van der Waals surface area (Å²) < 4.78 is 0. The molecular formula is C21H29N3O2. The van der Waals surface area contributed by atoms with E-state index in [0.29, 0.717) is 32.0 Å². The van der Waals surface area contributed by atoms with Gasteiger partial charge in [-0.15, -0.1) is 0 Å². The Kier molecular flexibility index (Phi) is 6.45. The summed E-state index contributed by atoms with van der Waals surface area (Å²) in [5.74, 6) is 0.689. The number of para-hydroxylation sites is 1. The van der Waals surface area contributed by atoms with Gasteiger partial charge in [0, 0.05) is 38.3 Å². The number of anilines is 1. The molecule has 2 amide bonds. The second kappa shape index (κ2) is 8.99. The molecule has 1 fully saturated rings. The van der Waals surface area contributed by atoms with Crippen LogP contribution in [0.3, 0.4) is 0 Å². The third-order valence-electron chi connectivity index (χ3n) is 5.31. The lowest BCUT2D eigenvalue weighted by Gasteiger charge is -2.34. The number of hydrogen-bond donors (Lipinski definition) is 1. The molecule has 1 aromatic carbocycles. The molecule has 1 unspecified atom stereocenters. The van der Waals surface area contributed by atoms with Crippen LogP contribution < -0.4 is 5.32 Å². The number of carbonyl (C=O) groups excluding carboxylic acids is 2. The maximum Gasteiger partial charge on any atom is 0.238 e. The smallest absolute Gasteiger partial charge is 0.238 e. The van der Waals surface area contributed by atoms with Crippen LogP contribution in [-0.4, -0.2) is 54.3 Å². The summed E-state index contributed by atoms with van der Waals surface area (Å²) in [6.07, 6.45) is 8.07. The van der Waals surface area contributed by atoms with E-state index in [-0.39, 0.29) is 11.8 Å². The lowest BCUT2D eigenvalue weighted by Crippen LogP contribution is -2.50. The summed E-state index contributed by atoms with van der Waals surface area (Å²) >= 11 is 0. The molecule has 0 aromatic heterocycles. The molecule has 140 valence electrons. The minimum Gasteiger partial charge on any atom is -0.340 e. The normalized spacial score (nSPS) is 20.3. The Labute approximate surface area is 156 Å². The number of nitrogens with zero attached hydrogens (tertiary/aromatic N) is 2. The number of benzene rings is 1. The van der Waals surface area contributed by atoms with Gasteiger partial charge in [0.1, 0.15) is 0 Å². The van der Waals surface area contributed by atoms with Crippen LogP contribution in [0.4, 0.5) is 5.69 Å². The molecule has 1 aliphatic carbocycles. The van der Waals surface area contributed by atoms with Crippen molar-refractivity contribution in [3.8, 4) is 0 Å². The number of amides is 2. The number of piperazine rings is 1. The van der Waals surface area contributed by atoms with Crippen molar-refractivity contribution in [1.29, 1.82) is 0 Å². The molecule has 5 heteroatoms. The fraction of sp³-hybridized carbons (Fsp3) is 0.524. The van der Waals surface area contributed by atoms with Gasteiger partial charge in [-0.1, -0.05) is 37.3 Å². The molecule has 1 aliphatic heterocycles. The van der Waals surface area contributed by atoms with Gasteiger partial charge in [-0.2, -0.15) is 0 Å². The molecule has 1 aromatic rings. The van der Waals surface area contributed by atoms with Gasteiger partial charge in [-0.3, -0.25) is 14.5 Å². The van der Waals surface area contributed by atoms with Crippen molar-refractivity contribution < 1.29 is 9.59 Å². The van der Waals surface area contributed by atoms with Gasteiger partial charge in [0.15, 0.2) is 0 Å². The summed E-state index contributed by atoms with van der Waals surface area (Å²) in [6.45, 7) is 5.42. The van der Waals surface area contributed by atoms with Crippen molar-refractivity contribution in [2.75, 3.05) is 38.0 Å². The van der Waals surface area contributed by atoms with Crippen molar-refractivity contribution >= 4 is 17.5 Å². The highest BCUT2D eigenvalue weighted by atomic mass is 16.2. The maximum atomic E-state index is 12.4. The number of rotatable bonds is 6. The molecule has 26 heavy (non-hydrogen) atoms. The van der Waals surface area contributed by atoms with Crippen LogP contribution in [0.5, 0.6) is 0 Å². The first kappa shape index (κ1) is 18.6. The van der Waals surface area contributed by atoms with Crippen molar-refractivity contribution in [1.82, 2.24) is 9.80 Å². The highest BCUT2D eigenvalue weighted by Gasteiger charge is 2.24. The van der Waals surface area contributed by atoms with Crippen LogP contribution in [-0.2, 0) is 16.0 Å². The van der Waals surface area contributed by atoms with E-state index in [2.05, 4.69) is 29.3 Å². The zero-order valence-electron chi connectivity index (χ0n) is 15.6. The van der Waals surface area contributed by atoms with Gasteiger partial charge in [-0.05, 0) is 36.8 Å². The van der Waals surface area contributed by atoms with E-state index in [0.717, 1.165) is 43.6 Å². The number of carbonyl (C=O) groups is 2. The van der Waals surface area contributed by atoms with E-state index >= 15 is 0 Å². The molecule has 1 N–H and O–H groups in total. The molecule has 0 spiro atoms. The molecular weight excluding hydrogens is 326 g/mol. The average molecular weight is 355 g/mol. The minimum atomic E-state index is 0.0155. The van der Waals surface area contributed by atoms with E-state index in [9.17, 15) is 9.59 Å². The Balaban J connectivity index is 1.42. The Morgan fingerprint density at radius 1 is 1.15 bits per heavy atom. The van der Waals surface area contributed by atoms with E-state index < -0.39 is 0 Å². The van der Waals surface area contributed by atoms with Crippen molar-refractivity contribution in [3.05, 3.63) is 42.0 Å². The van der Waals surface area contributed by atoms with E-state index in [1.54, 1.807) is 0 Å². The first-order valence-corrected chi connectivity index (χ1v) is 9.70. The Morgan fingerprint density at radius 3 is 2.62 bits per heavy atom. The molecule has 0 saturated carbocycles. The summed E-state index contributed by atoms with van der Waals surface area (Å²) in [4.78, 5) is 28.8. The second-order valence-corrected chi connectivity index (χ2v) is 7.19. The zero-order chi connectivity index (χ0) is 18.4. The number of allylic oxidation sites excluding steroid dienone is 2. The fourth-order valence-electron chi connectivity index (χ4n) is 3.72. The Bertz CT molecular complexity index is 663. The molecule has 0 bridgehead atoms. The van der Waals surface area contributed by atoms with Gasteiger partial charge in [0.2, 0.25) is 11.8 Å². The summed E-state index contributed by atoms with van der Waals surface area (Å²) in [6, 6.07) is 7.93. The highest BCUT2D eigenvalue weighted by molar-refractivity contribution is 5.93. The topological polar surface area (TPSA) is 52.7 Å². The summed E-state index contributed by atoms with van der Waals surface area (Å²) in [5.41, 5.74) is 2.05. The Hall–Kier alpha value is -2.14. The first-order valence-electron chi connectivity index (χ1n) is 9.70. The van der Waals surface area contributed by atoms with Crippen molar-refractivity contribution in [3.63, 3.8) is 0 Å². The maximum absolute atomic E-state index is 12.4. The lowest BCUT2D eigenvalue weighted by molar-refractivity contribution is -0.133. The number of nitrogens with one attached hydrogen (secondary N) is 1. The van der Waals surface area contributed by atoms with Crippen molar-refractivity contribution in [2.24, 2.45) is 5.92 Å². The highest BCUT2D eigenvalue weighted by Crippen LogP contribution is 2.21. The van der Waals surface area contributed by atoms with Crippen LogP contribution in [0.15, 0.2) is 36.4 Å². The predicted molar refractivity (Wildman–Crippen MR) is 104 cm³/mol.